The standard InChI is InChI=1S/C19H31N3O.2ClH/c1-3-4-14-22(2)18-9-7-17(8-10-18)19(23)21-13-11-16-6-5-12-20-15-16;;/h7-10,16,20H,3-6,11-15H2,1-2H3,(H,21,23);2*1H. The van der Waals surface area contributed by atoms with Crippen LogP contribution in [0.4, 0.5) is 5.69 Å². The molecule has 1 aromatic carbocycles. The number of halogens is 2. The summed E-state index contributed by atoms with van der Waals surface area (Å²) in [7, 11) is 2.10. The number of amides is 1. The quantitative estimate of drug-likeness (QED) is 0.708. The van der Waals surface area contributed by atoms with Crippen LogP contribution in [-0.2, 0) is 0 Å². The molecule has 0 bridgehead atoms. The molecule has 0 spiro atoms. The fraction of sp³-hybridized carbons (Fsp3) is 0.632. The van der Waals surface area contributed by atoms with E-state index in [0.29, 0.717) is 5.92 Å². The van der Waals surface area contributed by atoms with E-state index in [1.54, 1.807) is 0 Å². The molecule has 0 aliphatic carbocycles. The van der Waals surface area contributed by atoms with Crippen molar-refractivity contribution >= 4 is 36.4 Å². The van der Waals surface area contributed by atoms with Gasteiger partial charge in [-0.3, -0.25) is 4.79 Å². The first-order chi connectivity index (χ1) is 11.2. The summed E-state index contributed by atoms with van der Waals surface area (Å²) in [4.78, 5) is 14.4. The van der Waals surface area contributed by atoms with Crippen LogP contribution in [0, 0.1) is 5.92 Å². The van der Waals surface area contributed by atoms with E-state index in [1.807, 2.05) is 24.3 Å². The lowest BCUT2D eigenvalue weighted by atomic mass is 9.96. The van der Waals surface area contributed by atoms with E-state index in [-0.39, 0.29) is 30.7 Å². The summed E-state index contributed by atoms with van der Waals surface area (Å²) in [5, 5.41) is 6.47. The Morgan fingerprint density at radius 2 is 2.00 bits per heavy atom. The van der Waals surface area contributed by atoms with Gasteiger partial charge in [-0.1, -0.05) is 13.3 Å². The molecule has 1 unspecified atom stereocenters. The van der Waals surface area contributed by atoms with Gasteiger partial charge in [0.25, 0.3) is 5.91 Å². The van der Waals surface area contributed by atoms with Crippen LogP contribution in [0.25, 0.3) is 0 Å². The van der Waals surface area contributed by atoms with Gasteiger partial charge in [-0.25, -0.2) is 0 Å². The van der Waals surface area contributed by atoms with E-state index in [9.17, 15) is 4.79 Å². The van der Waals surface area contributed by atoms with Gasteiger partial charge in [-0.2, -0.15) is 0 Å². The molecule has 4 nitrogen and oxygen atoms in total. The maximum absolute atomic E-state index is 12.2. The number of rotatable bonds is 8. The van der Waals surface area contributed by atoms with Gasteiger partial charge in [0, 0.05) is 31.4 Å². The Bertz CT molecular complexity index is 476. The zero-order chi connectivity index (χ0) is 16.5. The Hall–Kier alpha value is -0.970. The highest BCUT2D eigenvalue weighted by Gasteiger charge is 2.13. The zero-order valence-electron chi connectivity index (χ0n) is 15.4. The first-order valence-corrected chi connectivity index (χ1v) is 9.01. The van der Waals surface area contributed by atoms with E-state index >= 15 is 0 Å². The summed E-state index contributed by atoms with van der Waals surface area (Å²) < 4.78 is 0. The summed E-state index contributed by atoms with van der Waals surface area (Å²) in [5.74, 6) is 0.746. The van der Waals surface area contributed by atoms with Crippen molar-refractivity contribution in [1.82, 2.24) is 10.6 Å². The number of hydrogen-bond donors (Lipinski definition) is 2. The Morgan fingerprint density at radius 1 is 1.28 bits per heavy atom. The van der Waals surface area contributed by atoms with Crippen molar-refractivity contribution in [2.75, 3.05) is 38.1 Å². The Kier molecular flexibility index (Phi) is 12.7. The smallest absolute Gasteiger partial charge is 0.251 e. The third kappa shape index (κ3) is 8.30. The second-order valence-corrected chi connectivity index (χ2v) is 6.58. The molecule has 1 heterocycles. The van der Waals surface area contributed by atoms with Crippen LogP contribution in [0.2, 0.25) is 0 Å². The highest BCUT2D eigenvalue weighted by Crippen LogP contribution is 2.15. The summed E-state index contributed by atoms with van der Waals surface area (Å²) in [6.45, 7) is 6.25. The molecule has 0 aromatic heterocycles. The lowest BCUT2D eigenvalue weighted by Crippen LogP contribution is -2.33. The van der Waals surface area contributed by atoms with Crippen molar-refractivity contribution in [3.63, 3.8) is 0 Å². The van der Waals surface area contributed by atoms with Crippen LogP contribution in [0.5, 0.6) is 0 Å². The van der Waals surface area contributed by atoms with Crippen LogP contribution < -0.4 is 15.5 Å². The van der Waals surface area contributed by atoms with Gasteiger partial charge in [-0.15, -0.1) is 24.8 Å². The van der Waals surface area contributed by atoms with Gasteiger partial charge in [0.15, 0.2) is 0 Å². The Morgan fingerprint density at radius 3 is 2.60 bits per heavy atom. The highest BCUT2D eigenvalue weighted by molar-refractivity contribution is 5.94. The molecule has 1 aliphatic rings. The van der Waals surface area contributed by atoms with Crippen molar-refractivity contribution in [3.8, 4) is 0 Å². The van der Waals surface area contributed by atoms with Crippen molar-refractivity contribution in [2.45, 2.75) is 39.0 Å². The summed E-state index contributed by atoms with van der Waals surface area (Å²) in [6.07, 6.45) is 5.99. The molecule has 1 fully saturated rings. The number of carbonyl (C=O) groups is 1. The normalized spacial score (nSPS) is 16.3. The highest BCUT2D eigenvalue weighted by atomic mass is 35.5. The fourth-order valence-corrected chi connectivity index (χ4v) is 3.05. The molecule has 1 atom stereocenters. The lowest BCUT2D eigenvalue weighted by molar-refractivity contribution is 0.0950. The van der Waals surface area contributed by atoms with Gasteiger partial charge in [-0.05, 0) is 69.0 Å². The molecule has 1 aliphatic heterocycles. The summed E-state index contributed by atoms with van der Waals surface area (Å²) >= 11 is 0. The van der Waals surface area contributed by atoms with Crippen LogP contribution >= 0.6 is 24.8 Å². The third-order valence-electron chi connectivity index (χ3n) is 4.65. The second-order valence-electron chi connectivity index (χ2n) is 6.58. The molecule has 1 amide bonds. The van der Waals surface area contributed by atoms with Gasteiger partial charge >= 0.3 is 0 Å². The third-order valence-corrected chi connectivity index (χ3v) is 4.65. The molecule has 1 saturated heterocycles. The number of hydrogen-bond acceptors (Lipinski definition) is 3. The Balaban J connectivity index is 0.00000288. The number of anilines is 1. The average molecular weight is 390 g/mol. The van der Waals surface area contributed by atoms with E-state index < -0.39 is 0 Å². The monoisotopic (exact) mass is 389 g/mol. The lowest BCUT2D eigenvalue weighted by Gasteiger charge is -2.22. The fourth-order valence-electron chi connectivity index (χ4n) is 3.05. The first kappa shape index (κ1) is 24.0. The van der Waals surface area contributed by atoms with Crippen LogP contribution in [0.1, 0.15) is 49.4 Å². The average Bonchev–Trinajstić information content (AvgIpc) is 2.60. The van der Waals surface area contributed by atoms with Gasteiger partial charge in [0.2, 0.25) is 0 Å². The van der Waals surface area contributed by atoms with Crippen molar-refractivity contribution < 1.29 is 4.79 Å². The summed E-state index contributed by atoms with van der Waals surface area (Å²) in [5.41, 5.74) is 1.92. The van der Waals surface area contributed by atoms with Gasteiger partial charge in [0.05, 0.1) is 0 Å². The molecule has 25 heavy (non-hydrogen) atoms. The predicted octanol–water partition coefficient (Wildman–Crippen LogP) is 3.89. The molecule has 1 aromatic rings. The number of carbonyl (C=O) groups excluding carboxylic acids is 1. The number of unbranched alkanes of at least 4 members (excludes halogenated alkanes) is 1. The van der Waals surface area contributed by atoms with Gasteiger partial charge < -0.3 is 15.5 Å². The minimum absolute atomic E-state index is 0. The van der Waals surface area contributed by atoms with Crippen molar-refractivity contribution in [2.24, 2.45) is 5.92 Å². The molecular weight excluding hydrogens is 357 g/mol. The molecule has 0 radical (unpaired) electrons. The maximum atomic E-state index is 12.2. The van der Waals surface area contributed by atoms with Crippen molar-refractivity contribution in [3.05, 3.63) is 29.8 Å². The SMILES string of the molecule is CCCCN(C)c1ccc(C(=O)NCCC2CCCNC2)cc1.Cl.Cl. The summed E-state index contributed by atoms with van der Waals surface area (Å²) in [6, 6.07) is 7.93. The molecule has 2 N–H and O–H groups in total. The number of nitrogens with one attached hydrogen (secondary N) is 2. The second kappa shape index (κ2) is 13.3. The van der Waals surface area contributed by atoms with Crippen LogP contribution in [0.15, 0.2) is 24.3 Å². The van der Waals surface area contributed by atoms with E-state index in [4.69, 9.17) is 0 Å². The van der Waals surface area contributed by atoms with Crippen LogP contribution in [0.3, 0.4) is 0 Å². The minimum Gasteiger partial charge on any atom is -0.375 e. The van der Waals surface area contributed by atoms with E-state index in [1.165, 1.54) is 31.4 Å². The largest absolute Gasteiger partial charge is 0.375 e. The van der Waals surface area contributed by atoms with Gasteiger partial charge in [0.1, 0.15) is 0 Å². The molecule has 2 rings (SSSR count). The molecule has 144 valence electrons. The molecule has 6 heteroatoms. The zero-order valence-corrected chi connectivity index (χ0v) is 17.1. The number of benzene rings is 1. The number of piperidine rings is 1. The van der Waals surface area contributed by atoms with Crippen LogP contribution in [-0.4, -0.2) is 39.1 Å². The first-order valence-electron chi connectivity index (χ1n) is 9.01. The topological polar surface area (TPSA) is 44.4 Å². The van der Waals surface area contributed by atoms with E-state index in [0.717, 1.165) is 38.2 Å². The van der Waals surface area contributed by atoms with Crippen molar-refractivity contribution in [1.29, 1.82) is 0 Å². The maximum Gasteiger partial charge on any atom is 0.251 e. The minimum atomic E-state index is 0. The predicted molar refractivity (Wildman–Crippen MR) is 112 cm³/mol. The Labute approximate surface area is 164 Å². The van der Waals surface area contributed by atoms with E-state index in [2.05, 4.69) is 29.5 Å². The molecule has 0 saturated carbocycles. The number of nitrogens with zero attached hydrogens (tertiary/aromatic N) is 1. The molecular formula is C19H33Cl2N3O.